The van der Waals surface area contributed by atoms with Gasteiger partial charge >= 0.3 is 0 Å². The molecule has 0 bridgehead atoms. The van der Waals surface area contributed by atoms with Gasteiger partial charge in [-0.15, -0.1) is 0 Å². The molecule has 1 N–H and O–H groups in total. The zero-order valence-corrected chi connectivity index (χ0v) is 15.5. The average Bonchev–Trinajstić information content (AvgIpc) is 2.41. The van der Waals surface area contributed by atoms with Crippen LogP contribution < -0.4 is 9.62 Å². The Labute approximate surface area is 142 Å². The largest absolute Gasteiger partial charge is 0.383 e. The van der Waals surface area contributed by atoms with Crippen LogP contribution in [0.25, 0.3) is 0 Å². The van der Waals surface area contributed by atoms with E-state index in [9.17, 15) is 13.2 Å². The molecule has 130 valence electrons. The molecule has 0 saturated carbocycles. The van der Waals surface area contributed by atoms with Crippen LogP contribution in [0.2, 0.25) is 5.02 Å². The highest BCUT2D eigenvalue weighted by Gasteiger charge is 2.30. The second-order valence-electron chi connectivity index (χ2n) is 5.53. The molecule has 0 aliphatic carbocycles. The Balaban J connectivity index is 3.17. The summed E-state index contributed by atoms with van der Waals surface area (Å²) < 4.78 is 30.5. The lowest BCUT2D eigenvalue weighted by molar-refractivity contribution is -0.122. The fraction of sp³-hybridized carbons (Fsp3) is 0.533. The molecule has 0 fully saturated rings. The number of hydrogen-bond donors (Lipinski definition) is 1. The van der Waals surface area contributed by atoms with Crippen LogP contribution in [0.15, 0.2) is 18.2 Å². The number of benzene rings is 1. The molecular weight excluding hydrogens is 340 g/mol. The van der Waals surface area contributed by atoms with Crippen molar-refractivity contribution in [2.45, 2.75) is 32.9 Å². The summed E-state index contributed by atoms with van der Waals surface area (Å²) >= 11 is 5.98. The van der Waals surface area contributed by atoms with E-state index < -0.39 is 22.0 Å². The Morgan fingerprint density at radius 3 is 2.52 bits per heavy atom. The topological polar surface area (TPSA) is 75.7 Å². The Hall–Kier alpha value is -1.31. The van der Waals surface area contributed by atoms with E-state index in [4.69, 9.17) is 16.3 Å². The maximum absolute atomic E-state index is 12.4. The van der Waals surface area contributed by atoms with Crippen LogP contribution >= 0.6 is 11.6 Å². The van der Waals surface area contributed by atoms with Crippen molar-refractivity contribution in [3.8, 4) is 0 Å². The molecule has 0 heterocycles. The van der Waals surface area contributed by atoms with Gasteiger partial charge in [0.05, 0.1) is 18.6 Å². The van der Waals surface area contributed by atoms with E-state index in [0.29, 0.717) is 22.9 Å². The molecule has 1 aromatic rings. The predicted octanol–water partition coefficient (Wildman–Crippen LogP) is 1.95. The minimum absolute atomic E-state index is 0.225. The standard InChI is InChI=1S/C15H23ClN2O4S/c1-10-6-7-13(16)8-14(10)18(23(5,20)21)12(3)15(19)17-11(2)9-22-4/h6-8,11-12H,9H2,1-5H3,(H,17,19). The van der Waals surface area contributed by atoms with Crippen LogP contribution in [-0.4, -0.2) is 46.4 Å². The Morgan fingerprint density at radius 1 is 1.39 bits per heavy atom. The highest BCUT2D eigenvalue weighted by atomic mass is 35.5. The van der Waals surface area contributed by atoms with Gasteiger partial charge in [-0.05, 0) is 38.5 Å². The highest BCUT2D eigenvalue weighted by molar-refractivity contribution is 7.92. The van der Waals surface area contributed by atoms with Gasteiger partial charge in [-0.2, -0.15) is 0 Å². The minimum Gasteiger partial charge on any atom is -0.383 e. The second kappa shape index (κ2) is 7.99. The van der Waals surface area contributed by atoms with E-state index in [1.54, 1.807) is 32.0 Å². The number of amides is 1. The molecule has 0 saturated heterocycles. The first kappa shape index (κ1) is 19.7. The first-order valence-corrected chi connectivity index (χ1v) is 9.35. The number of ether oxygens (including phenoxy) is 1. The summed E-state index contributed by atoms with van der Waals surface area (Å²) in [7, 11) is -2.13. The van der Waals surface area contributed by atoms with Gasteiger partial charge in [-0.1, -0.05) is 17.7 Å². The van der Waals surface area contributed by atoms with Crippen molar-refractivity contribution in [1.29, 1.82) is 0 Å². The first-order valence-electron chi connectivity index (χ1n) is 7.12. The number of nitrogens with one attached hydrogen (secondary N) is 1. The number of halogens is 1. The molecule has 8 heteroatoms. The van der Waals surface area contributed by atoms with Gasteiger partial charge in [0.2, 0.25) is 15.9 Å². The van der Waals surface area contributed by atoms with Gasteiger partial charge in [0.15, 0.2) is 0 Å². The van der Waals surface area contributed by atoms with Crippen LogP contribution in [0.5, 0.6) is 0 Å². The normalized spacial score (nSPS) is 14.2. The lowest BCUT2D eigenvalue weighted by atomic mass is 10.1. The third kappa shape index (κ3) is 5.37. The van der Waals surface area contributed by atoms with Crippen molar-refractivity contribution in [2.75, 3.05) is 24.3 Å². The SMILES string of the molecule is COCC(C)NC(=O)C(C)N(c1cc(Cl)ccc1C)S(C)(=O)=O. The fourth-order valence-electron chi connectivity index (χ4n) is 2.26. The quantitative estimate of drug-likeness (QED) is 0.804. The van der Waals surface area contributed by atoms with E-state index >= 15 is 0 Å². The molecule has 0 aliphatic rings. The lowest BCUT2D eigenvalue weighted by Gasteiger charge is -2.30. The van der Waals surface area contributed by atoms with Gasteiger partial charge in [-0.3, -0.25) is 9.10 Å². The molecule has 2 unspecified atom stereocenters. The van der Waals surface area contributed by atoms with E-state index in [1.807, 2.05) is 0 Å². The van der Waals surface area contributed by atoms with E-state index in [1.165, 1.54) is 14.0 Å². The van der Waals surface area contributed by atoms with Crippen LogP contribution in [0, 0.1) is 6.92 Å². The van der Waals surface area contributed by atoms with Crippen molar-refractivity contribution >= 4 is 33.2 Å². The Morgan fingerprint density at radius 2 is 2.00 bits per heavy atom. The van der Waals surface area contributed by atoms with Gasteiger partial charge in [-0.25, -0.2) is 8.42 Å². The maximum Gasteiger partial charge on any atom is 0.243 e. The number of nitrogens with zero attached hydrogens (tertiary/aromatic N) is 1. The summed E-state index contributed by atoms with van der Waals surface area (Å²) in [5, 5.41) is 3.14. The smallest absolute Gasteiger partial charge is 0.243 e. The summed E-state index contributed by atoms with van der Waals surface area (Å²) in [5.41, 5.74) is 1.10. The Bertz CT molecular complexity index is 663. The molecule has 0 aromatic heterocycles. The van der Waals surface area contributed by atoms with Crippen LogP contribution in [0.4, 0.5) is 5.69 Å². The van der Waals surface area contributed by atoms with Gasteiger partial charge in [0.25, 0.3) is 0 Å². The van der Waals surface area contributed by atoms with Crippen molar-refractivity contribution in [3.05, 3.63) is 28.8 Å². The van der Waals surface area contributed by atoms with E-state index in [-0.39, 0.29) is 6.04 Å². The monoisotopic (exact) mass is 362 g/mol. The summed E-state index contributed by atoms with van der Waals surface area (Å²) in [6, 6.07) is 3.79. The number of rotatable bonds is 7. The molecule has 23 heavy (non-hydrogen) atoms. The van der Waals surface area contributed by atoms with Crippen LogP contribution in [0.1, 0.15) is 19.4 Å². The molecule has 0 radical (unpaired) electrons. The first-order chi connectivity index (χ1) is 10.6. The van der Waals surface area contributed by atoms with Crippen molar-refractivity contribution in [3.63, 3.8) is 0 Å². The zero-order chi connectivity index (χ0) is 17.8. The number of carbonyl (C=O) groups excluding carboxylic acids is 1. The average molecular weight is 363 g/mol. The molecular formula is C15H23ClN2O4S. The molecule has 0 spiro atoms. The molecule has 1 amide bonds. The van der Waals surface area contributed by atoms with Gasteiger partial charge < -0.3 is 10.1 Å². The Kier molecular flexibility index (Phi) is 6.85. The third-order valence-electron chi connectivity index (χ3n) is 3.30. The van der Waals surface area contributed by atoms with Crippen molar-refractivity contribution < 1.29 is 17.9 Å². The van der Waals surface area contributed by atoms with Crippen molar-refractivity contribution in [2.24, 2.45) is 0 Å². The zero-order valence-electron chi connectivity index (χ0n) is 14.0. The highest BCUT2D eigenvalue weighted by Crippen LogP contribution is 2.28. The number of hydrogen-bond acceptors (Lipinski definition) is 4. The summed E-state index contributed by atoms with van der Waals surface area (Å²) in [5.74, 6) is -0.403. The molecule has 2 atom stereocenters. The van der Waals surface area contributed by atoms with Crippen LogP contribution in [0.3, 0.4) is 0 Å². The fourth-order valence-corrected chi connectivity index (χ4v) is 3.65. The van der Waals surface area contributed by atoms with E-state index in [0.717, 1.165) is 10.6 Å². The molecule has 1 aromatic carbocycles. The second-order valence-corrected chi connectivity index (χ2v) is 7.83. The number of sulfonamides is 1. The minimum atomic E-state index is -3.67. The molecule has 6 nitrogen and oxygen atoms in total. The third-order valence-corrected chi connectivity index (χ3v) is 4.77. The summed E-state index contributed by atoms with van der Waals surface area (Å²) in [6.07, 6.45) is 1.07. The number of methoxy groups -OCH3 is 1. The van der Waals surface area contributed by atoms with Gasteiger partial charge in [0.1, 0.15) is 6.04 Å². The van der Waals surface area contributed by atoms with E-state index in [2.05, 4.69) is 5.32 Å². The van der Waals surface area contributed by atoms with Gasteiger partial charge in [0, 0.05) is 18.2 Å². The van der Waals surface area contributed by atoms with Crippen molar-refractivity contribution in [1.82, 2.24) is 5.32 Å². The lowest BCUT2D eigenvalue weighted by Crippen LogP contribution is -2.50. The number of aryl methyl sites for hydroxylation is 1. The number of carbonyl (C=O) groups is 1. The van der Waals surface area contributed by atoms with Crippen LogP contribution in [-0.2, 0) is 19.6 Å². The summed E-state index contributed by atoms with van der Waals surface area (Å²) in [4.78, 5) is 12.4. The predicted molar refractivity (Wildman–Crippen MR) is 92.5 cm³/mol. The molecule has 0 aliphatic heterocycles. The maximum atomic E-state index is 12.4. The summed E-state index contributed by atoms with van der Waals surface area (Å²) in [6.45, 7) is 5.43. The number of anilines is 1. The molecule has 1 rings (SSSR count).